The highest BCUT2D eigenvalue weighted by Gasteiger charge is 2.46. The van der Waals surface area contributed by atoms with Crippen molar-refractivity contribution in [2.24, 2.45) is 11.8 Å². The first kappa shape index (κ1) is 20.4. The van der Waals surface area contributed by atoms with E-state index >= 15 is 0 Å². The molecule has 0 aromatic heterocycles. The molecule has 0 N–H and O–H groups in total. The fraction of sp³-hybridized carbons (Fsp3) is 0.591. The lowest BCUT2D eigenvalue weighted by Crippen LogP contribution is -2.34. The highest BCUT2D eigenvalue weighted by atomic mass is 16.6. The zero-order chi connectivity index (χ0) is 20.4. The number of ether oxygens (including phenoxy) is 3. The Kier molecular flexibility index (Phi) is 6.06. The van der Waals surface area contributed by atoms with Crippen LogP contribution in [0.25, 0.3) is 0 Å². The van der Waals surface area contributed by atoms with Crippen molar-refractivity contribution < 1.29 is 28.6 Å². The molecule has 6 nitrogen and oxygen atoms in total. The maximum absolute atomic E-state index is 12.6. The summed E-state index contributed by atoms with van der Waals surface area (Å²) in [5.41, 5.74) is 1.69. The standard InChI is InChI=1S/C22H28O6/c1-5-6-7-13(3)20(23)27-17-9-12(2)8-16-10-15(22(25)26-16)11-18-19(17)14(4)21(24)28-18/h9-10,13,16-19H,4-8,11H2,1-3H3/b12-9+/t13?,16-,17?,18?,19+/m1/s1. The number of hydrogen-bond acceptors (Lipinski definition) is 6. The lowest BCUT2D eigenvalue weighted by Gasteiger charge is -2.27. The van der Waals surface area contributed by atoms with Crippen molar-refractivity contribution in [1.82, 2.24) is 0 Å². The van der Waals surface area contributed by atoms with Gasteiger partial charge in [0, 0.05) is 24.0 Å². The number of carbonyl (C=O) groups excluding carboxylic acids is 3. The van der Waals surface area contributed by atoms with Gasteiger partial charge in [-0.2, -0.15) is 0 Å². The molecule has 3 rings (SSSR count). The highest BCUT2D eigenvalue weighted by Crippen LogP contribution is 2.38. The highest BCUT2D eigenvalue weighted by molar-refractivity contribution is 5.93. The van der Waals surface area contributed by atoms with Crippen molar-refractivity contribution >= 4 is 17.9 Å². The second-order valence-electron chi connectivity index (χ2n) is 8.00. The molecule has 1 fully saturated rings. The van der Waals surface area contributed by atoms with E-state index in [2.05, 4.69) is 13.5 Å². The van der Waals surface area contributed by atoms with Crippen LogP contribution in [0.15, 0.2) is 35.5 Å². The van der Waals surface area contributed by atoms with Gasteiger partial charge < -0.3 is 14.2 Å². The minimum atomic E-state index is -0.659. The Bertz CT molecular complexity index is 746. The first-order chi connectivity index (χ1) is 13.3. The van der Waals surface area contributed by atoms with Crippen molar-refractivity contribution in [1.29, 1.82) is 0 Å². The number of fused-ring (bicyclic) bond motifs is 2. The Labute approximate surface area is 165 Å². The van der Waals surface area contributed by atoms with Crippen LogP contribution in [0, 0.1) is 11.8 Å². The number of rotatable bonds is 5. The van der Waals surface area contributed by atoms with Gasteiger partial charge >= 0.3 is 17.9 Å². The van der Waals surface area contributed by atoms with Crippen LogP contribution in [-0.2, 0) is 28.6 Å². The molecule has 2 bridgehead atoms. The lowest BCUT2D eigenvalue weighted by atomic mass is 9.85. The van der Waals surface area contributed by atoms with Gasteiger partial charge in [-0.15, -0.1) is 0 Å². The summed E-state index contributed by atoms with van der Waals surface area (Å²) in [7, 11) is 0. The van der Waals surface area contributed by atoms with E-state index in [1.165, 1.54) is 0 Å². The van der Waals surface area contributed by atoms with Gasteiger partial charge in [0.15, 0.2) is 0 Å². The molecule has 0 amide bonds. The molecule has 1 aliphatic carbocycles. The molecular weight excluding hydrogens is 360 g/mol. The summed E-state index contributed by atoms with van der Waals surface area (Å²) >= 11 is 0. The largest absolute Gasteiger partial charge is 0.458 e. The Morgan fingerprint density at radius 1 is 1.25 bits per heavy atom. The van der Waals surface area contributed by atoms with Crippen LogP contribution in [0.1, 0.15) is 52.9 Å². The maximum atomic E-state index is 12.6. The molecule has 5 atom stereocenters. The minimum Gasteiger partial charge on any atom is -0.458 e. The van der Waals surface area contributed by atoms with Gasteiger partial charge in [-0.25, -0.2) is 9.59 Å². The molecule has 6 heteroatoms. The van der Waals surface area contributed by atoms with Crippen molar-refractivity contribution in [2.45, 2.75) is 71.2 Å². The molecule has 2 aliphatic heterocycles. The van der Waals surface area contributed by atoms with Crippen LogP contribution in [-0.4, -0.2) is 36.2 Å². The van der Waals surface area contributed by atoms with Gasteiger partial charge in [0.05, 0.1) is 11.8 Å². The van der Waals surface area contributed by atoms with E-state index in [0.29, 0.717) is 12.0 Å². The SMILES string of the molecule is C=C1C(=O)OC2CC3=C[C@@H](C/C(C)=C/C(OC(=O)C(C)CCCC)[C@H]12)OC3=O. The minimum absolute atomic E-state index is 0.224. The van der Waals surface area contributed by atoms with Gasteiger partial charge in [0.1, 0.15) is 18.3 Å². The maximum Gasteiger partial charge on any atom is 0.334 e. The molecule has 0 aromatic rings. The molecule has 2 heterocycles. The van der Waals surface area contributed by atoms with Gasteiger partial charge in [-0.3, -0.25) is 4.79 Å². The Balaban J connectivity index is 1.88. The number of hydrogen-bond donors (Lipinski definition) is 0. The third-order valence-corrected chi connectivity index (χ3v) is 5.62. The first-order valence-electron chi connectivity index (χ1n) is 9.99. The van der Waals surface area contributed by atoms with E-state index in [0.717, 1.165) is 24.8 Å². The quantitative estimate of drug-likeness (QED) is 0.311. The molecule has 1 saturated heterocycles. The van der Waals surface area contributed by atoms with Crippen molar-refractivity contribution in [2.75, 3.05) is 0 Å². The zero-order valence-corrected chi connectivity index (χ0v) is 16.7. The summed E-state index contributed by atoms with van der Waals surface area (Å²) in [6.07, 6.45) is 5.51. The van der Waals surface area contributed by atoms with Gasteiger partial charge in [-0.05, 0) is 25.5 Å². The first-order valence-corrected chi connectivity index (χ1v) is 9.99. The monoisotopic (exact) mass is 388 g/mol. The summed E-state index contributed by atoms with van der Waals surface area (Å²) < 4.78 is 16.7. The average Bonchev–Trinajstić information content (AvgIpc) is 3.10. The Morgan fingerprint density at radius 3 is 2.71 bits per heavy atom. The van der Waals surface area contributed by atoms with Crippen LogP contribution in [0.5, 0.6) is 0 Å². The van der Waals surface area contributed by atoms with Crippen LogP contribution in [0.3, 0.4) is 0 Å². The van der Waals surface area contributed by atoms with E-state index in [1.807, 2.05) is 19.9 Å². The topological polar surface area (TPSA) is 78.9 Å². The second-order valence-corrected chi connectivity index (χ2v) is 8.00. The Hall–Kier alpha value is -2.37. The summed E-state index contributed by atoms with van der Waals surface area (Å²) in [5.74, 6) is -1.93. The molecule has 3 unspecified atom stereocenters. The molecule has 28 heavy (non-hydrogen) atoms. The summed E-state index contributed by atoms with van der Waals surface area (Å²) in [5, 5.41) is 0. The van der Waals surface area contributed by atoms with Crippen LogP contribution in [0.4, 0.5) is 0 Å². The molecule has 0 radical (unpaired) electrons. The summed E-state index contributed by atoms with van der Waals surface area (Å²) in [4.78, 5) is 37.0. The van der Waals surface area contributed by atoms with Gasteiger partial charge in [0.25, 0.3) is 0 Å². The zero-order valence-electron chi connectivity index (χ0n) is 16.7. The molecule has 0 spiro atoms. The second kappa shape index (κ2) is 8.33. The Morgan fingerprint density at radius 2 is 2.00 bits per heavy atom. The van der Waals surface area contributed by atoms with Crippen molar-refractivity contribution in [3.63, 3.8) is 0 Å². The van der Waals surface area contributed by atoms with E-state index < -0.39 is 24.1 Å². The van der Waals surface area contributed by atoms with Crippen molar-refractivity contribution in [3.8, 4) is 0 Å². The molecule has 3 aliphatic rings. The molecule has 152 valence electrons. The normalized spacial score (nSPS) is 32.5. The molecule has 0 aromatic carbocycles. The lowest BCUT2D eigenvalue weighted by molar-refractivity contribution is -0.154. The smallest absolute Gasteiger partial charge is 0.334 e. The van der Waals surface area contributed by atoms with Crippen molar-refractivity contribution in [3.05, 3.63) is 35.5 Å². The van der Waals surface area contributed by atoms with Crippen LogP contribution in [0.2, 0.25) is 0 Å². The molecule has 0 saturated carbocycles. The van der Waals surface area contributed by atoms with Gasteiger partial charge in [0.2, 0.25) is 0 Å². The predicted octanol–water partition coefficient (Wildman–Crippen LogP) is 3.41. The third-order valence-electron chi connectivity index (χ3n) is 5.62. The van der Waals surface area contributed by atoms with Crippen LogP contribution < -0.4 is 0 Å². The summed E-state index contributed by atoms with van der Waals surface area (Å²) in [6.45, 7) is 9.71. The molecular formula is C22H28O6. The summed E-state index contributed by atoms with van der Waals surface area (Å²) in [6, 6.07) is 0. The van der Waals surface area contributed by atoms with E-state index in [1.54, 1.807) is 6.08 Å². The van der Waals surface area contributed by atoms with Gasteiger partial charge in [-0.1, -0.05) is 38.8 Å². The van der Waals surface area contributed by atoms with E-state index in [9.17, 15) is 14.4 Å². The van der Waals surface area contributed by atoms with Crippen LogP contribution >= 0.6 is 0 Å². The third kappa shape index (κ3) is 4.21. The number of esters is 3. The number of unbranched alkanes of at least 4 members (excludes halogenated alkanes) is 1. The predicted molar refractivity (Wildman–Crippen MR) is 102 cm³/mol. The fourth-order valence-electron chi connectivity index (χ4n) is 3.99. The van der Waals surface area contributed by atoms with E-state index in [-0.39, 0.29) is 36.0 Å². The number of carbonyl (C=O) groups is 3. The average molecular weight is 388 g/mol. The van der Waals surface area contributed by atoms with E-state index in [4.69, 9.17) is 14.2 Å². The fourth-order valence-corrected chi connectivity index (χ4v) is 3.99.